The summed E-state index contributed by atoms with van der Waals surface area (Å²) in [7, 11) is 0. The first-order valence-corrected chi connectivity index (χ1v) is 7.56. The monoisotopic (exact) mass is 310 g/mol. The van der Waals surface area contributed by atoms with Gasteiger partial charge in [-0.15, -0.1) is 0 Å². The summed E-state index contributed by atoms with van der Waals surface area (Å²) in [6.45, 7) is 5.98. The summed E-state index contributed by atoms with van der Waals surface area (Å²) in [6.07, 6.45) is 0. The fourth-order valence-electron chi connectivity index (χ4n) is 2.96. The van der Waals surface area contributed by atoms with E-state index < -0.39 is 17.2 Å². The maximum absolute atomic E-state index is 12.8. The van der Waals surface area contributed by atoms with Crippen LogP contribution in [-0.4, -0.2) is 23.3 Å². The molecule has 0 aliphatic heterocycles. The van der Waals surface area contributed by atoms with Gasteiger partial charge in [0.1, 0.15) is 5.75 Å². The van der Waals surface area contributed by atoms with Crippen molar-refractivity contribution in [2.75, 3.05) is 6.61 Å². The molecule has 23 heavy (non-hydrogen) atoms. The number of benzene rings is 2. The zero-order valence-electron chi connectivity index (χ0n) is 13.3. The van der Waals surface area contributed by atoms with Crippen molar-refractivity contribution in [2.24, 2.45) is 0 Å². The molecule has 0 heterocycles. The van der Waals surface area contributed by atoms with Crippen LogP contribution in [0.1, 0.15) is 44.3 Å². The molecule has 0 unspecified atom stereocenters. The molecule has 0 atom stereocenters. The minimum absolute atomic E-state index is 0.216. The van der Waals surface area contributed by atoms with Crippen LogP contribution in [0.25, 0.3) is 0 Å². The van der Waals surface area contributed by atoms with Gasteiger partial charge in [0.2, 0.25) is 17.2 Å². The number of carbonyl (C=O) groups is 2. The number of carbonyl (C=O) groups excluding carboxylic acids is 2. The van der Waals surface area contributed by atoms with Gasteiger partial charge >= 0.3 is 0 Å². The fourth-order valence-corrected chi connectivity index (χ4v) is 2.96. The number of rotatable bonds is 3. The molecule has 4 heteroatoms. The highest BCUT2D eigenvalue weighted by molar-refractivity contribution is 6.32. The van der Waals surface area contributed by atoms with Crippen LogP contribution in [0, 0.1) is 13.8 Å². The van der Waals surface area contributed by atoms with Crippen LogP contribution in [0.4, 0.5) is 0 Å². The average Bonchev–Trinajstić information content (AvgIpc) is 2.74. The van der Waals surface area contributed by atoms with Crippen molar-refractivity contribution in [3.8, 4) is 5.75 Å². The van der Waals surface area contributed by atoms with E-state index in [0.717, 1.165) is 11.1 Å². The topological polar surface area (TPSA) is 63.6 Å². The molecule has 4 nitrogen and oxygen atoms in total. The van der Waals surface area contributed by atoms with Crippen LogP contribution >= 0.6 is 0 Å². The molecule has 2 aromatic carbocycles. The van der Waals surface area contributed by atoms with E-state index in [2.05, 4.69) is 0 Å². The van der Waals surface area contributed by atoms with Crippen LogP contribution in [0.2, 0.25) is 0 Å². The molecule has 118 valence electrons. The summed E-state index contributed by atoms with van der Waals surface area (Å²) in [5, 5.41) is 11.1. The number of aryl methyl sites for hydroxylation is 2. The smallest absolute Gasteiger partial charge is 0.220 e. The predicted octanol–water partition coefficient (Wildman–Crippen LogP) is 2.97. The van der Waals surface area contributed by atoms with E-state index >= 15 is 0 Å². The van der Waals surface area contributed by atoms with E-state index in [-0.39, 0.29) is 16.7 Å². The lowest BCUT2D eigenvalue weighted by Crippen LogP contribution is -2.38. The molecule has 1 aliphatic carbocycles. The molecule has 0 saturated carbocycles. The van der Waals surface area contributed by atoms with E-state index in [4.69, 9.17) is 4.74 Å². The van der Waals surface area contributed by atoms with Crippen LogP contribution in [-0.2, 0) is 5.60 Å². The van der Waals surface area contributed by atoms with Crippen molar-refractivity contribution in [1.29, 1.82) is 0 Å². The molecular formula is C19H18O4. The SMILES string of the molecule is CCOc1cc(C)c(C)cc1C1(O)C(=O)c2ccccc2C1=O. The van der Waals surface area contributed by atoms with Crippen molar-refractivity contribution < 1.29 is 19.4 Å². The summed E-state index contributed by atoms with van der Waals surface area (Å²) in [5.41, 5.74) is 0.353. The largest absolute Gasteiger partial charge is 0.493 e. The third kappa shape index (κ3) is 2.10. The Balaban J connectivity index is 2.25. The summed E-state index contributed by atoms with van der Waals surface area (Å²) in [4.78, 5) is 25.5. The second kappa shape index (κ2) is 5.32. The second-order valence-electron chi connectivity index (χ2n) is 5.78. The predicted molar refractivity (Wildman–Crippen MR) is 86.1 cm³/mol. The number of ether oxygens (including phenoxy) is 1. The molecule has 0 spiro atoms. The average molecular weight is 310 g/mol. The molecule has 0 radical (unpaired) electrons. The summed E-state index contributed by atoms with van der Waals surface area (Å²) in [6, 6.07) is 9.92. The molecule has 0 fully saturated rings. The van der Waals surface area contributed by atoms with Gasteiger partial charge in [0, 0.05) is 16.7 Å². The molecule has 0 saturated heterocycles. The molecule has 0 bridgehead atoms. The fraction of sp³-hybridized carbons (Fsp3) is 0.263. The minimum atomic E-state index is -2.22. The summed E-state index contributed by atoms with van der Waals surface area (Å²) in [5.74, 6) is -0.822. The lowest BCUT2D eigenvalue weighted by Gasteiger charge is -2.24. The van der Waals surface area contributed by atoms with Gasteiger partial charge in [0.15, 0.2) is 0 Å². The summed E-state index contributed by atoms with van der Waals surface area (Å²) < 4.78 is 5.58. The molecule has 0 aromatic heterocycles. The number of Topliss-reactive ketones (excluding diaryl/α,β-unsaturated/α-hetero) is 2. The van der Waals surface area contributed by atoms with E-state index in [1.54, 1.807) is 36.4 Å². The van der Waals surface area contributed by atoms with Gasteiger partial charge in [-0.1, -0.05) is 24.3 Å². The Morgan fingerprint density at radius 3 is 2.04 bits per heavy atom. The van der Waals surface area contributed by atoms with Crippen LogP contribution < -0.4 is 4.74 Å². The Bertz CT molecular complexity index is 785. The Morgan fingerprint density at radius 2 is 1.52 bits per heavy atom. The second-order valence-corrected chi connectivity index (χ2v) is 5.78. The van der Waals surface area contributed by atoms with Gasteiger partial charge in [-0.3, -0.25) is 9.59 Å². The maximum atomic E-state index is 12.8. The van der Waals surface area contributed by atoms with Gasteiger partial charge in [0.25, 0.3) is 0 Å². The zero-order chi connectivity index (χ0) is 16.8. The van der Waals surface area contributed by atoms with Crippen LogP contribution in [0.15, 0.2) is 36.4 Å². The van der Waals surface area contributed by atoms with Gasteiger partial charge in [-0.2, -0.15) is 0 Å². The van der Waals surface area contributed by atoms with E-state index in [1.165, 1.54) is 0 Å². The number of hydrogen-bond acceptors (Lipinski definition) is 4. The zero-order valence-corrected chi connectivity index (χ0v) is 13.3. The Morgan fingerprint density at radius 1 is 1.00 bits per heavy atom. The van der Waals surface area contributed by atoms with Crippen molar-refractivity contribution in [1.82, 2.24) is 0 Å². The molecule has 1 N–H and O–H groups in total. The standard InChI is InChI=1S/C19H18O4/c1-4-23-16-10-12(3)11(2)9-15(16)19(22)17(20)13-7-5-6-8-14(13)18(19)21/h5-10,22H,4H2,1-3H3. The van der Waals surface area contributed by atoms with Crippen molar-refractivity contribution in [3.63, 3.8) is 0 Å². The molecular weight excluding hydrogens is 292 g/mol. The van der Waals surface area contributed by atoms with Gasteiger partial charge in [-0.25, -0.2) is 0 Å². The van der Waals surface area contributed by atoms with Crippen molar-refractivity contribution >= 4 is 11.6 Å². The van der Waals surface area contributed by atoms with Crippen molar-refractivity contribution in [2.45, 2.75) is 26.4 Å². The van der Waals surface area contributed by atoms with Crippen molar-refractivity contribution in [3.05, 3.63) is 64.2 Å². The third-order valence-electron chi connectivity index (χ3n) is 4.36. The molecule has 0 amide bonds. The number of fused-ring (bicyclic) bond motifs is 1. The lowest BCUT2D eigenvalue weighted by molar-refractivity contribution is 0.0310. The highest BCUT2D eigenvalue weighted by atomic mass is 16.5. The van der Waals surface area contributed by atoms with E-state index in [1.807, 2.05) is 20.8 Å². The third-order valence-corrected chi connectivity index (χ3v) is 4.36. The van der Waals surface area contributed by atoms with E-state index in [0.29, 0.717) is 12.4 Å². The Kier molecular flexibility index (Phi) is 3.57. The minimum Gasteiger partial charge on any atom is -0.493 e. The molecule has 3 rings (SSSR count). The number of ketones is 2. The highest BCUT2D eigenvalue weighted by Crippen LogP contribution is 2.42. The molecule has 2 aromatic rings. The Hall–Kier alpha value is -2.46. The molecule has 1 aliphatic rings. The van der Waals surface area contributed by atoms with Crippen LogP contribution in [0.5, 0.6) is 5.75 Å². The first-order chi connectivity index (χ1) is 10.9. The van der Waals surface area contributed by atoms with E-state index in [9.17, 15) is 14.7 Å². The summed E-state index contributed by atoms with van der Waals surface area (Å²) >= 11 is 0. The first kappa shape index (κ1) is 15.4. The Labute approximate surface area is 134 Å². The quantitative estimate of drug-likeness (QED) is 0.885. The van der Waals surface area contributed by atoms with Gasteiger partial charge in [0.05, 0.1) is 6.61 Å². The normalized spacial score (nSPS) is 15.7. The maximum Gasteiger partial charge on any atom is 0.220 e. The number of hydrogen-bond donors (Lipinski definition) is 1. The van der Waals surface area contributed by atoms with Gasteiger partial charge in [-0.05, 0) is 44.0 Å². The number of aliphatic hydroxyl groups is 1. The lowest BCUT2D eigenvalue weighted by atomic mass is 9.86. The van der Waals surface area contributed by atoms with Gasteiger partial charge < -0.3 is 9.84 Å². The first-order valence-electron chi connectivity index (χ1n) is 7.56. The van der Waals surface area contributed by atoms with Crippen LogP contribution in [0.3, 0.4) is 0 Å². The highest BCUT2D eigenvalue weighted by Gasteiger charge is 2.54.